The van der Waals surface area contributed by atoms with Crippen molar-refractivity contribution in [1.82, 2.24) is 5.32 Å². The molecule has 0 saturated carbocycles. The number of nitrogens with zero attached hydrogens (tertiary/aromatic N) is 1. The van der Waals surface area contributed by atoms with Crippen molar-refractivity contribution in [1.29, 1.82) is 0 Å². The molecule has 1 heterocycles. The first-order chi connectivity index (χ1) is 10.1. The van der Waals surface area contributed by atoms with E-state index in [2.05, 4.69) is 49.2 Å². The third-order valence-electron chi connectivity index (χ3n) is 4.52. The Morgan fingerprint density at radius 2 is 2.14 bits per heavy atom. The van der Waals surface area contributed by atoms with Crippen LogP contribution in [-0.2, 0) is 11.3 Å². The number of piperidine rings is 1. The van der Waals surface area contributed by atoms with E-state index in [-0.39, 0.29) is 0 Å². The first-order valence-electron chi connectivity index (χ1n) is 8.17. The number of anilines is 1. The van der Waals surface area contributed by atoms with Gasteiger partial charge in [0.25, 0.3) is 0 Å². The van der Waals surface area contributed by atoms with E-state index in [4.69, 9.17) is 4.74 Å². The number of hydrogen-bond acceptors (Lipinski definition) is 3. The standard InChI is InChI=1S/C18H30N2O/c1-14-7-9-20(16(3)11-14)18-6-5-17(12-15(18)2)13-19-8-10-21-4/h5-6,12,14,16,19H,7-11,13H2,1-4H3. The molecule has 0 amide bonds. The first kappa shape index (κ1) is 16.3. The molecule has 0 aromatic heterocycles. The van der Waals surface area contributed by atoms with E-state index in [1.807, 2.05) is 0 Å². The highest BCUT2D eigenvalue weighted by Crippen LogP contribution is 2.30. The van der Waals surface area contributed by atoms with Gasteiger partial charge in [0.15, 0.2) is 0 Å². The van der Waals surface area contributed by atoms with Crippen molar-refractivity contribution in [2.24, 2.45) is 5.92 Å². The molecule has 1 aliphatic rings. The minimum Gasteiger partial charge on any atom is -0.383 e. The molecule has 2 atom stereocenters. The molecule has 21 heavy (non-hydrogen) atoms. The van der Waals surface area contributed by atoms with Gasteiger partial charge in [-0.3, -0.25) is 0 Å². The van der Waals surface area contributed by atoms with Gasteiger partial charge < -0.3 is 15.0 Å². The quantitative estimate of drug-likeness (QED) is 0.813. The molecule has 0 radical (unpaired) electrons. The van der Waals surface area contributed by atoms with E-state index in [1.165, 1.54) is 36.2 Å². The fourth-order valence-electron chi connectivity index (χ4n) is 3.32. The van der Waals surface area contributed by atoms with Crippen molar-refractivity contribution in [3.8, 4) is 0 Å². The van der Waals surface area contributed by atoms with Crippen LogP contribution in [-0.4, -0.2) is 32.8 Å². The molecular weight excluding hydrogens is 260 g/mol. The van der Waals surface area contributed by atoms with E-state index in [0.717, 1.165) is 25.6 Å². The topological polar surface area (TPSA) is 24.5 Å². The van der Waals surface area contributed by atoms with E-state index >= 15 is 0 Å². The Balaban J connectivity index is 1.98. The van der Waals surface area contributed by atoms with E-state index in [0.29, 0.717) is 6.04 Å². The maximum atomic E-state index is 5.05. The van der Waals surface area contributed by atoms with E-state index in [1.54, 1.807) is 7.11 Å². The maximum absolute atomic E-state index is 5.05. The minimum absolute atomic E-state index is 0.651. The van der Waals surface area contributed by atoms with Gasteiger partial charge in [0, 0.05) is 38.5 Å². The molecule has 1 aliphatic heterocycles. The second-order valence-corrected chi connectivity index (χ2v) is 6.46. The van der Waals surface area contributed by atoms with Crippen molar-refractivity contribution in [2.75, 3.05) is 31.7 Å². The molecule has 118 valence electrons. The Bertz CT molecular complexity index is 447. The lowest BCUT2D eigenvalue weighted by Crippen LogP contribution is -2.40. The van der Waals surface area contributed by atoms with Crippen molar-refractivity contribution in [2.45, 2.75) is 46.2 Å². The molecule has 3 nitrogen and oxygen atoms in total. The Hall–Kier alpha value is -1.06. The molecule has 1 N–H and O–H groups in total. The lowest BCUT2D eigenvalue weighted by atomic mass is 9.92. The number of aryl methyl sites for hydroxylation is 1. The average Bonchev–Trinajstić information content (AvgIpc) is 2.45. The molecular formula is C18H30N2O. The fourth-order valence-corrected chi connectivity index (χ4v) is 3.32. The van der Waals surface area contributed by atoms with Crippen LogP contribution < -0.4 is 10.2 Å². The van der Waals surface area contributed by atoms with Crippen molar-refractivity contribution in [3.05, 3.63) is 29.3 Å². The number of benzene rings is 1. The summed E-state index contributed by atoms with van der Waals surface area (Å²) >= 11 is 0. The molecule has 1 fully saturated rings. The largest absolute Gasteiger partial charge is 0.383 e. The summed E-state index contributed by atoms with van der Waals surface area (Å²) < 4.78 is 5.05. The smallest absolute Gasteiger partial charge is 0.0587 e. The molecule has 0 bridgehead atoms. The van der Waals surface area contributed by atoms with Crippen LogP contribution in [0.1, 0.15) is 37.8 Å². The molecule has 1 aromatic carbocycles. The Labute approximate surface area is 129 Å². The van der Waals surface area contributed by atoms with E-state index < -0.39 is 0 Å². The van der Waals surface area contributed by atoms with E-state index in [9.17, 15) is 0 Å². The minimum atomic E-state index is 0.651. The van der Waals surface area contributed by atoms with Crippen molar-refractivity contribution in [3.63, 3.8) is 0 Å². The summed E-state index contributed by atoms with van der Waals surface area (Å²) in [6, 6.07) is 7.53. The predicted molar refractivity (Wildman–Crippen MR) is 90.0 cm³/mol. The van der Waals surface area contributed by atoms with Crippen LogP contribution in [0, 0.1) is 12.8 Å². The zero-order chi connectivity index (χ0) is 15.2. The van der Waals surface area contributed by atoms with Crippen molar-refractivity contribution >= 4 is 5.69 Å². The second-order valence-electron chi connectivity index (χ2n) is 6.46. The Morgan fingerprint density at radius 1 is 1.33 bits per heavy atom. The summed E-state index contributed by atoms with van der Waals surface area (Å²) in [6.07, 6.45) is 2.61. The van der Waals surface area contributed by atoms with Gasteiger partial charge in [-0.1, -0.05) is 19.1 Å². The average molecular weight is 290 g/mol. The van der Waals surface area contributed by atoms with Gasteiger partial charge in [0.2, 0.25) is 0 Å². The molecule has 2 rings (SSSR count). The van der Waals surface area contributed by atoms with Gasteiger partial charge in [-0.25, -0.2) is 0 Å². The van der Waals surface area contributed by atoms with Gasteiger partial charge >= 0.3 is 0 Å². The SMILES string of the molecule is COCCNCc1ccc(N2CCC(C)CC2C)c(C)c1. The lowest BCUT2D eigenvalue weighted by molar-refractivity contribution is 0.199. The number of rotatable bonds is 6. The predicted octanol–water partition coefficient (Wildman–Crippen LogP) is 3.36. The van der Waals surface area contributed by atoms with Gasteiger partial charge in [0.1, 0.15) is 0 Å². The van der Waals surface area contributed by atoms with Gasteiger partial charge in [-0.2, -0.15) is 0 Å². The lowest BCUT2D eigenvalue weighted by Gasteiger charge is -2.39. The molecule has 3 heteroatoms. The highest BCUT2D eigenvalue weighted by Gasteiger charge is 2.23. The van der Waals surface area contributed by atoms with Gasteiger partial charge in [-0.05, 0) is 49.8 Å². The third kappa shape index (κ3) is 4.45. The second kappa shape index (κ2) is 7.81. The monoisotopic (exact) mass is 290 g/mol. The number of hydrogen-bond donors (Lipinski definition) is 1. The number of ether oxygens (including phenoxy) is 1. The maximum Gasteiger partial charge on any atom is 0.0587 e. The van der Waals surface area contributed by atoms with Crippen LogP contribution in [0.2, 0.25) is 0 Å². The van der Waals surface area contributed by atoms with Crippen LogP contribution >= 0.6 is 0 Å². The summed E-state index contributed by atoms with van der Waals surface area (Å²) in [5.41, 5.74) is 4.16. The highest BCUT2D eigenvalue weighted by atomic mass is 16.5. The van der Waals surface area contributed by atoms with Crippen molar-refractivity contribution < 1.29 is 4.74 Å². The Morgan fingerprint density at radius 3 is 2.81 bits per heavy atom. The summed E-state index contributed by atoms with van der Waals surface area (Å²) in [6.45, 7) is 10.7. The summed E-state index contributed by atoms with van der Waals surface area (Å²) in [5.74, 6) is 0.862. The molecule has 1 saturated heterocycles. The van der Waals surface area contributed by atoms with Crippen LogP contribution in [0.25, 0.3) is 0 Å². The van der Waals surface area contributed by atoms with Crippen LogP contribution in [0.5, 0.6) is 0 Å². The van der Waals surface area contributed by atoms with Gasteiger partial charge in [-0.15, -0.1) is 0 Å². The molecule has 1 aromatic rings. The normalized spacial score (nSPS) is 22.6. The molecule has 2 unspecified atom stereocenters. The highest BCUT2D eigenvalue weighted by molar-refractivity contribution is 5.55. The summed E-state index contributed by atoms with van der Waals surface area (Å²) in [4.78, 5) is 2.58. The van der Waals surface area contributed by atoms with Crippen LogP contribution in [0.4, 0.5) is 5.69 Å². The summed E-state index contributed by atoms with van der Waals surface area (Å²) in [7, 11) is 1.74. The zero-order valence-electron chi connectivity index (χ0n) is 14.0. The third-order valence-corrected chi connectivity index (χ3v) is 4.52. The zero-order valence-corrected chi connectivity index (χ0v) is 14.0. The first-order valence-corrected chi connectivity index (χ1v) is 8.17. The Kier molecular flexibility index (Phi) is 6.07. The fraction of sp³-hybridized carbons (Fsp3) is 0.667. The number of nitrogens with one attached hydrogen (secondary N) is 1. The molecule has 0 aliphatic carbocycles. The summed E-state index contributed by atoms with van der Waals surface area (Å²) in [5, 5.41) is 3.40. The van der Waals surface area contributed by atoms with Crippen LogP contribution in [0.3, 0.4) is 0 Å². The van der Waals surface area contributed by atoms with Crippen LogP contribution in [0.15, 0.2) is 18.2 Å². The number of methoxy groups -OCH3 is 1. The van der Waals surface area contributed by atoms with Gasteiger partial charge in [0.05, 0.1) is 6.61 Å². The molecule has 0 spiro atoms.